The minimum absolute atomic E-state index is 0.158. The molecular weight excluding hydrogens is 156 g/mol. The highest BCUT2D eigenvalue weighted by molar-refractivity contribution is 5.87. The molecule has 0 radical (unpaired) electrons. The Balaban J connectivity index is 3.20. The van der Waals surface area contributed by atoms with Crippen LogP contribution >= 0.6 is 0 Å². The molecule has 12 heavy (non-hydrogen) atoms. The van der Waals surface area contributed by atoms with E-state index in [2.05, 4.69) is 4.98 Å². The van der Waals surface area contributed by atoms with Gasteiger partial charge in [-0.2, -0.15) is 0 Å². The number of carboxylic acid groups (broad SMARTS) is 1. The Labute approximate surface area is 78.9 Å². The maximum Gasteiger partial charge on any atom is 0.337 e. The smallest absolute Gasteiger partial charge is 0.337 e. The zero-order chi connectivity index (χ0) is 14.1. The summed E-state index contributed by atoms with van der Waals surface area (Å²) in [6.07, 6.45) is 0.905. The second kappa shape index (κ2) is 3.21. The van der Waals surface area contributed by atoms with E-state index in [1.807, 2.05) is 0 Å². The monoisotopic (exact) mass is 172 g/mol. The molecule has 0 aliphatic carbocycles. The predicted molar refractivity (Wildman–Crippen MR) is 45.5 cm³/mol. The number of carboxylic acids is 1. The molecule has 0 bridgehead atoms. The molecule has 0 saturated heterocycles. The summed E-state index contributed by atoms with van der Waals surface area (Å²) in [5, 5.41) is 8.66. The summed E-state index contributed by atoms with van der Waals surface area (Å²) >= 11 is 0. The van der Waals surface area contributed by atoms with Gasteiger partial charge < -0.3 is 10.0 Å². The molecule has 0 aliphatic rings. The quantitative estimate of drug-likeness (QED) is 0.718. The van der Waals surface area contributed by atoms with E-state index in [0.29, 0.717) is 0 Å². The number of carbonyl (C=O) groups is 1. The number of nitrogens with zero attached hydrogens (tertiary/aromatic N) is 2. The van der Waals surface area contributed by atoms with Gasteiger partial charge in [-0.15, -0.1) is 0 Å². The lowest BCUT2D eigenvalue weighted by Crippen LogP contribution is -2.10. The first-order valence-electron chi connectivity index (χ1n) is 6.03. The standard InChI is InChI=1S/C8H10N2O2/c1-10(2)7-4-3-6(5-9-7)8(11)12/h3-5H,1-2H3,(H,11,12)/i1D3,2D3. The van der Waals surface area contributed by atoms with E-state index in [1.54, 1.807) is 0 Å². The summed E-state index contributed by atoms with van der Waals surface area (Å²) in [5.41, 5.74) is -0.158. The van der Waals surface area contributed by atoms with Crippen LogP contribution < -0.4 is 4.90 Å². The third-order valence-corrected chi connectivity index (χ3v) is 1.22. The molecule has 0 atom stereocenters. The molecule has 1 aromatic rings. The number of rotatable bonds is 2. The van der Waals surface area contributed by atoms with Gasteiger partial charge in [-0.25, -0.2) is 9.78 Å². The second-order valence-corrected chi connectivity index (χ2v) is 2.05. The largest absolute Gasteiger partial charge is 0.478 e. The predicted octanol–water partition coefficient (Wildman–Crippen LogP) is 0.846. The number of aromatic carboxylic acids is 1. The van der Waals surface area contributed by atoms with Crippen LogP contribution in [-0.4, -0.2) is 30.0 Å². The van der Waals surface area contributed by atoms with E-state index in [-0.39, 0.29) is 16.3 Å². The van der Waals surface area contributed by atoms with Crippen LogP contribution in [0.15, 0.2) is 18.3 Å². The number of aromatic nitrogens is 1. The average Bonchev–Trinajstić information content (AvgIpc) is 2.13. The fourth-order valence-electron chi connectivity index (χ4n) is 0.645. The molecule has 1 aromatic heterocycles. The topological polar surface area (TPSA) is 53.4 Å². The van der Waals surface area contributed by atoms with Crippen LogP contribution in [0.5, 0.6) is 0 Å². The molecule has 1 N–H and O–H groups in total. The molecule has 1 heterocycles. The van der Waals surface area contributed by atoms with Gasteiger partial charge in [0.1, 0.15) is 5.82 Å². The maximum atomic E-state index is 10.6. The highest BCUT2D eigenvalue weighted by atomic mass is 16.4. The molecule has 0 amide bonds. The Kier molecular flexibility index (Phi) is 0.918. The lowest BCUT2D eigenvalue weighted by Gasteiger charge is -2.09. The van der Waals surface area contributed by atoms with Crippen molar-refractivity contribution < 1.29 is 18.1 Å². The Morgan fingerprint density at radius 2 is 2.42 bits per heavy atom. The van der Waals surface area contributed by atoms with E-state index >= 15 is 0 Å². The number of anilines is 1. The van der Waals surface area contributed by atoms with Crippen molar-refractivity contribution in [2.45, 2.75) is 0 Å². The molecule has 0 aliphatic heterocycles. The zero-order valence-electron chi connectivity index (χ0n) is 12.0. The van der Waals surface area contributed by atoms with Crippen molar-refractivity contribution in [3.63, 3.8) is 0 Å². The summed E-state index contributed by atoms with van der Waals surface area (Å²) < 4.78 is 43.0. The summed E-state index contributed by atoms with van der Waals surface area (Å²) in [4.78, 5) is 14.3. The zero-order valence-corrected chi connectivity index (χ0v) is 5.98. The molecule has 4 nitrogen and oxygen atoms in total. The van der Waals surface area contributed by atoms with Gasteiger partial charge in [0, 0.05) is 28.4 Å². The first-order valence-corrected chi connectivity index (χ1v) is 3.03. The van der Waals surface area contributed by atoms with Crippen LogP contribution in [0.2, 0.25) is 0 Å². The van der Waals surface area contributed by atoms with Crippen molar-refractivity contribution in [1.82, 2.24) is 4.98 Å². The molecule has 64 valence electrons. The van der Waals surface area contributed by atoms with Crippen molar-refractivity contribution in [2.24, 2.45) is 0 Å². The molecule has 0 aromatic carbocycles. The van der Waals surface area contributed by atoms with E-state index in [1.165, 1.54) is 0 Å². The van der Waals surface area contributed by atoms with Crippen molar-refractivity contribution in [3.8, 4) is 0 Å². The maximum absolute atomic E-state index is 10.6. The summed E-state index contributed by atoms with van der Waals surface area (Å²) in [7, 11) is 0. The number of pyridine rings is 1. The van der Waals surface area contributed by atoms with Gasteiger partial charge in [0.25, 0.3) is 0 Å². The fraction of sp³-hybridized carbons (Fsp3) is 0.250. The lowest BCUT2D eigenvalue weighted by molar-refractivity contribution is 0.0696. The van der Waals surface area contributed by atoms with E-state index < -0.39 is 19.9 Å². The van der Waals surface area contributed by atoms with Crippen LogP contribution in [0.4, 0.5) is 5.82 Å². The van der Waals surface area contributed by atoms with Gasteiger partial charge in [-0.1, -0.05) is 0 Å². The van der Waals surface area contributed by atoms with Gasteiger partial charge in [-0.05, 0) is 12.1 Å². The SMILES string of the molecule is [2H]C([2H])([2H])N(c1ccc(C(=O)O)cn1)C([2H])([2H])[2H]. The Hall–Kier alpha value is -1.58. The first kappa shape index (κ1) is 3.43. The minimum atomic E-state index is -2.90. The van der Waals surface area contributed by atoms with Gasteiger partial charge in [-0.3, -0.25) is 0 Å². The summed E-state index contributed by atoms with van der Waals surface area (Å²) in [6.45, 7) is -5.80. The molecular formula is C8H10N2O2. The van der Waals surface area contributed by atoms with E-state index in [4.69, 9.17) is 13.3 Å². The van der Waals surface area contributed by atoms with Crippen molar-refractivity contribution in [2.75, 3.05) is 18.9 Å². The van der Waals surface area contributed by atoms with Gasteiger partial charge in [0.2, 0.25) is 0 Å². The lowest BCUT2D eigenvalue weighted by atomic mass is 10.3. The van der Waals surface area contributed by atoms with Gasteiger partial charge >= 0.3 is 5.97 Å². The summed E-state index contributed by atoms with van der Waals surface area (Å²) in [6, 6.07) is 2.14. The van der Waals surface area contributed by atoms with Crippen LogP contribution in [0.1, 0.15) is 18.6 Å². The van der Waals surface area contributed by atoms with Crippen molar-refractivity contribution in [3.05, 3.63) is 23.9 Å². The second-order valence-electron chi connectivity index (χ2n) is 2.05. The van der Waals surface area contributed by atoms with Crippen LogP contribution in [-0.2, 0) is 0 Å². The Morgan fingerprint density at radius 3 is 2.83 bits per heavy atom. The van der Waals surface area contributed by atoms with Gasteiger partial charge in [0.05, 0.1) is 5.56 Å². The van der Waals surface area contributed by atoms with Crippen LogP contribution in [0.3, 0.4) is 0 Å². The Morgan fingerprint density at radius 1 is 1.67 bits per heavy atom. The molecule has 0 saturated carbocycles. The molecule has 0 unspecified atom stereocenters. The molecule has 0 spiro atoms. The fourth-order valence-corrected chi connectivity index (χ4v) is 0.645. The van der Waals surface area contributed by atoms with Crippen LogP contribution in [0.25, 0.3) is 0 Å². The number of hydrogen-bond acceptors (Lipinski definition) is 3. The Bertz CT molecular complexity index is 424. The first-order chi connectivity index (χ1) is 8.03. The third kappa shape index (κ3) is 1.72. The highest BCUT2D eigenvalue weighted by Gasteiger charge is 2.02. The summed E-state index contributed by atoms with van der Waals surface area (Å²) in [5.74, 6) is -1.57. The normalized spacial score (nSPS) is 19.0. The molecule has 0 fully saturated rings. The average molecular weight is 172 g/mol. The highest BCUT2D eigenvalue weighted by Crippen LogP contribution is 2.07. The van der Waals surface area contributed by atoms with E-state index in [9.17, 15) is 4.79 Å². The van der Waals surface area contributed by atoms with Crippen LogP contribution in [0, 0.1) is 0 Å². The third-order valence-electron chi connectivity index (χ3n) is 1.22. The van der Waals surface area contributed by atoms with E-state index in [0.717, 1.165) is 18.3 Å². The van der Waals surface area contributed by atoms with Crippen molar-refractivity contribution >= 4 is 11.8 Å². The van der Waals surface area contributed by atoms with Gasteiger partial charge in [0.15, 0.2) is 0 Å². The molecule has 4 heteroatoms. The van der Waals surface area contributed by atoms with Crippen molar-refractivity contribution in [1.29, 1.82) is 0 Å². The molecule has 1 rings (SSSR count). The minimum Gasteiger partial charge on any atom is -0.478 e. The number of hydrogen-bond donors (Lipinski definition) is 1.